The molecule has 0 aliphatic rings. The van der Waals surface area contributed by atoms with E-state index in [1.807, 2.05) is 12.4 Å². The van der Waals surface area contributed by atoms with Gasteiger partial charge < -0.3 is 9.88 Å². The number of rotatable bonds is 5. The summed E-state index contributed by atoms with van der Waals surface area (Å²) in [4.78, 5) is 4.35. The average Bonchev–Trinajstić information content (AvgIpc) is 2.76. The molecule has 0 saturated heterocycles. The van der Waals surface area contributed by atoms with Gasteiger partial charge in [-0.3, -0.25) is 0 Å². The molecule has 0 aliphatic heterocycles. The van der Waals surface area contributed by atoms with Gasteiger partial charge in [-0.2, -0.15) is 0 Å². The van der Waals surface area contributed by atoms with Gasteiger partial charge in [-0.1, -0.05) is 38.1 Å². The number of aromatic nitrogens is 2. The Morgan fingerprint density at radius 2 is 1.79 bits per heavy atom. The fraction of sp³-hybridized carbons (Fsp3) is 0.438. The first-order valence-corrected chi connectivity index (χ1v) is 6.92. The first-order valence-electron chi connectivity index (χ1n) is 6.92. The molecule has 2 rings (SSSR count). The van der Waals surface area contributed by atoms with Crippen LogP contribution in [0.5, 0.6) is 0 Å². The van der Waals surface area contributed by atoms with Gasteiger partial charge in [0, 0.05) is 18.4 Å². The average molecular weight is 257 g/mol. The van der Waals surface area contributed by atoms with E-state index in [1.54, 1.807) is 0 Å². The van der Waals surface area contributed by atoms with Crippen LogP contribution in [0, 0.1) is 0 Å². The third-order valence-electron chi connectivity index (χ3n) is 3.13. The van der Waals surface area contributed by atoms with Crippen molar-refractivity contribution in [2.45, 2.75) is 46.2 Å². The predicted octanol–water partition coefficient (Wildman–Crippen LogP) is 3.88. The van der Waals surface area contributed by atoms with Crippen LogP contribution in [-0.2, 0) is 6.54 Å². The van der Waals surface area contributed by atoms with Gasteiger partial charge in [0.05, 0.1) is 6.54 Å². The molecule has 0 fully saturated rings. The smallest absolute Gasteiger partial charge is 0.203 e. The Labute approximate surface area is 115 Å². The summed E-state index contributed by atoms with van der Waals surface area (Å²) in [6.45, 7) is 9.53. The minimum atomic E-state index is 0.393. The van der Waals surface area contributed by atoms with Crippen molar-refractivity contribution < 1.29 is 0 Å². The molecule has 1 aromatic carbocycles. The van der Waals surface area contributed by atoms with Gasteiger partial charge in [-0.25, -0.2) is 4.98 Å². The zero-order valence-electron chi connectivity index (χ0n) is 12.2. The molecule has 0 amide bonds. The molecular formula is C16H23N3. The number of nitrogens with one attached hydrogen (secondary N) is 1. The summed E-state index contributed by atoms with van der Waals surface area (Å²) in [5.41, 5.74) is 2.68. The maximum atomic E-state index is 4.35. The highest BCUT2D eigenvalue weighted by atomic mass is 15.2. The zero-order chi connectivity index (χ0) is 13.8. The molecule has 2 aromatic rings. The number of hydrogen-bond acceptors (Lipinski definition) is 2. The number of anilines is 1. The van der Waals surface area contributed by atoms with E-state index in [0.717, 1.165) is 12.5 Å². The van der Waals surface area contributed by atoms with Crippen LogP contribution in [0.15, 0.2) is 36.7 Å². The van der Waals surface area contributed by atoms with Crippen LogP contribution in [0.3, 0.4) is 0 Å². The van der Waals surface area contributed by atoms with Gasteiger partial charge in [-0.15, -0.1) is 0 Å². The van der Waals surface area contributed by atoms with Crippen LogP contribution in [0.25, 0.3) is 0 Å². The minimum Gasteiger partial charge on any atom is -0.353 e. The fourth-order valence-electron chi connectivity index (χ4n) is 2.04. The summed E-state index contributed by atoms with van der Waals surface area (Å²) in [5.74, 6) is 1.52. The molecular weight excluding hydrogens is 234 g/mol. The van der Waals surface area contributed by atoms with Gasteiger partial charge in [-0.05, 0) is 30.9 Å². The van der Waals surface area contributed by atoms with Crippen molar-refractivity contribution in [1.82, 2.24) is 9.55 Å². The summed E-state index contributed by atoms with van der Waals surface area (Å²) in [5, 5.41) is 3.36. The summed E-state index contributed by atoms with van der Waals surface area (Å²) >= 11 is 0. The van der Waals surface area contributed by atoms with Crippen molar-refractivity contribution in [2.75, 3.05) is 5.32 Å². The topological polar surface area (TPSA) is 29.9 Å². The highest BCUT2D eigenvalue weighted by Crippen LogP contribution is 2.16. The third-order valence-corrected chi connectivity index (χ3v) is 3.13. The van der Waals surface area contributed by atoms with Gasteiger partial charge in [0.15, 0.2) is 0 Å². The maximum absolute atomic E-state index is 4.35. The lowest BCUT2D eigenvalue weighted by Gasteiger charge is -2.13. The number of imidazole rings is 1. The van der Waals surface area contributed by atoms with Crippen molar-refractivity contribution in [3.8, 4) is 0 Å². The molecule has 3 heteroatoms. The van der Waals surface area contributed by atoms with Crippen molar-refractivity contribution in [3.63, 3.8) is 0 Å². The molecule has 0 spiro atoms. The maximum Gasteiger partial charge on any atom is 0.203 e. The van der Waals surface area contributed by atoms with Gasteiger partial charge >= 0.3 is 0 Å². The van der Waals surface area contributed by atoms with Crippen LogP contribution in [0.2, 0.25) is 0 Å². The number of benzene rings is 1. The fourth-order valence-corrected chi connectivity index (χ4v) is 2.04. The molecule has 1 N–H and O–H groups in total. The lowest BCUT2D eigenvalue weighted by Crippen LogP contribution is -2.14. The van der Waals surface area contributed by atoms with Crippen molar-refractivity contribution >= 4 is 5.95 Å². The first kappa shape index (κ1) is 13.7. The largest absolute Gasteiger partial charge is 0.353 e. The number of hydrogen-bond donors (Lipinski definition) is 1. The second-order valence-electron chi connectivity index (χ2n) is 5.57. The second-order valence-corrected chi connectivity index (χ2v) is 5.57. The summed E-state index contributed by atoms with van der Waals surface area (Å²) in [6.07, 6.45) is 3.86. The van der Waals surface area contributed by atoms with Crippen LogP contribution in [0.1, 0.15) is 44.7 Å². The van der Waals surface area contributed by atoms with E-state index in [9.17, 15) is 0 Å². The van der Waals surface area contributed by atoms with E-state index in [1.165, 1.54) is 11.1 Å². The Morgan fingerprint density at radius 3 is 2.37 bits per heavy atom. The van der Waals surface area contributed by atoms with Crippen molar-refractivity contribution in [2.24, 2.45) is 0 Å². The van der Waals surface area contributed by atoms with Gasteiger partial charge in [0.1, 0.15) is 0 Å². The predicted molar refractivity (Wildman–Crippen MR) is 80.6 cm³/mol. The van der Waals surface area contributed by atoms with Crippen molar-refractivity contribution in [3.05, 3.63) is 47.8 Å². The standard InChI is InChI=1S/C16H23N3/c1-12(2)15-7-5-14(6-8-15)11-19-10-9-17-16(19)18-13(3)4/h5-10,12-13H,11H2,1-4H3,(H,17,18). The van der Waals surface area contributed by atoms with E-state index in [0.29, 0.717) is 12.0 Å². The van der Waals surface area contributed by atoms with E-state index in [-0.39, 0.29) is 0 Å². The summed E-state index contributed by atoms with van der Waals surface area (Å²) in [6, 6.07) is 9.23. The zero-order valence-corrected chi connectivity index (χ0v) is 12.2. The quantitative estimate of drug-likeness (QED) is 0.881. The normalized spacial score (nSPS) is 11.3. The molecule has 3 nitrogen and oxygen atoms in total. The lowest BCUT2D eigenvalue weighted by atomic mass is 10.0. The van der Waals surface area contributed by atoms with E-state index >= 15 is 0 Å². The Morgan fingerprint density at radius 1 is 1.11 bits per heavy atom. The molecule has 0 aliphatic carbocycles. The Kier molecular flexibility index (Phi) is 4.25. The molecule has 1 heterocycles. The third kappa shape index (κ3) is 3.60. The van der Waals surface area contributed by atoms with E-state index in [2.05, 4.69) is 66.8 Å². The molecule has 0 saturated carbocycles. The first-order chi connectivity index (χ1) is 9.06. The molecule has 102 valence electrons. The minimum absolute atomic E-state index is 0.393. The molecule has 0 radical (unpaired) electrons. The van der Waals surface area contributed by atoms with Crippen molar-refractivity contribution in [1.29, 1.82) is 0 Å². The Hall–Kier alpha value is -1.77. The van der Waals surface area contributed by atoms with Gasteiger partial charge in [0.2, 0.25) is 5.95 Å². The van der Waals surface area contributed by atoms with Crippen LogP contribution < -0.4 is 5.32 Å². The van der Waals surface area contributed by atoms with Crippen LogP contribution in [-0.4, -0.2) is 15.6 Å². The molecule has 19 heavy (non-hydrogen) atoms. The highest BCUT2D eigenvalue weighted by Gasteiger charge is 2.05. The van der Waals surface area contributed by atoms with E-state index < -0.39 is 0 Å². The molecule has 1 aromatic heterocycles. The second kappa shape index (κ2) is 5.91. The molecule has 0 bridgehead atoms. The van der Waals surface area contributed by atoms with Crippen LogP contribution in [0.4, 0.5) is 5.95 Å². The van der Waals surface area contributed by atoms with Gasteiger partial charge in [0.25, 0.3) is 0 Å². The summed E-state index contributed by atoms with van der Waals surface area (Å²) < 4.78 is 2.14. The summed E-state index contributed by atoms with van der Waals surface area (Å²) in [7, 11) is 0. The molecule has 0 unspecified atom stereocenters. The number of nitrogens with zero attached hydrogens (tertiary/aromatic N) is 2. The Bertz CT molecular complexity index is 509. The SMILES string of the molecule is CC(C)Nc1nccn1Cc1ccc(C(C)C)cc1. The molecule has 0 atom stereocenters. The monoisotopic (exact) mass is 257 g/mol. The van der Waals surface area contributed by atoms with E-state index in [4.69, 9.17) is 0 Å². The Balaban J connectivity index is 2.10. The highest BCUT2D eigenvalue weighted by molar-refractivity contribution is 5.30. The van der Waals surface area contributed by atoms with Crippen LogP contribution >= 0.6 is 0 Å². The lowest BCUT2D eigenvalue weighted by molar-refractivity contribution is 0.772.